The summed E-state index contributed by atoms with van der Waals surface area (Å²) in [5, 5.41) is 6.23. The highest BCUT2D eigenvalue weighted by Crippen LogP contribution is 2.08. The molecule has 1 aliphatic rings. The Morgan fingerprint density at radius 3 is 2.65 bits per heavy atom. The van der Waals surface area contributed by atoms with Crippen LogP contribution in [0.5, 0.6) is 0 Å². The molecule has 0 spiro atoms. The number of hydrogen-bond donors (Lipinski definition) is 2. The highest BCUT2D eigenvalue weighted by Gasteiger charge is 2.14. The standard InChI is InChI=1S/C13H27N3O/c1-3-14-8-7-13(17)15-12(2)11-16-9-5-4-6-10-16/h12,14H,3-11H2,1-2H3,(H,15,17). The lowest BCUT2D eigenvalue weighted by Gasteiger charge is -2.29. The molecule has 0 radical (unpaired) electrons. The van der Waals surface area contributed by atoms with E-state index in [-0.39, 0.29) is 11.9 Å². The number of carbonyl (C=O) groups is 1. The van der Waals surface area contributed by atoms with Gasteiger partial charge in [0, 0.05) is 25.6 Å². The van der Waals surface area contributed by atoms with Gasteiger partial charge in [-0.2, -0.15) is 0 Å². The molecule has 0 aromatic rings. The minimum atomic E-state index is 0.162. The fraction of sp³-hybridized carbons (Fsp3) is 0.923. The maximum absolute atomic E-state index is 11.6. The highest BCUT2D eigenvalue weighted by molar-refractivity contribution is 5.76. The quantitative estimate of drug-likeness (QED) is 0.653. The monoisotopic (exact) mass is 241 g/mol. The van der Waals surface area contributed by atoms with Gasteiger partial charge in [-0.25, -0.2) is 0 Å². The molecule has 100 valence electrons. The molecular formula is C13H27N3O. The lowest BCUT2D eigenvalue weighted by Crippen LogP contribution is -2.44. The Morgan fingerprint density at radius 2 is 2.00 bits per heavy atom. The van der Waals surface area contributed by atoms with E-state index in [2.05, 4.69) is 29.4 Å². The molecule has 1 rings (SSSR count). The Kier molecular flexibility index (Phi) is 7.21. The van der Waals surface area contributed by atoms with Crippen molar-refractivity contribution >= 4 is 5.91 Å². The molecule has 0 saturated carbocycles. The average Bonchev–Trinajstić information content (AvgIpc) is 2.30. The Hall–Kier alpha value is -0.610. The highest BCUT2D eigenvalue weighted by atomic mass is 16.1. The lowest BCUT2D eigenvalue weighted by molar-refractivity contribution is -0.121. The van der Waals surface area contributed by atoms with Crippen molar-refractivity contribution in [3.8, 4) is 0 Å². The van der Waals surface area contributed by atoms with Crippen molar-refractivity contribution in [3.05, 3.63) is 0 Å². The molecule has 0 bridgehead atoms. The molecule has 1 fully saturated rings. The summed E-state index contributed by atoms with van der Waals surface area (Å²) < 4.78 is 0. The van der Waals surface area contributed by atoms with E-state index in [9.17, 15) is 4.79 Å². The van der Waals surface area contributed by atoms with Crippen LogP contribution >= 0.6 is 0 Å². The molecule has 1 unspecified atom stereocenters. The number of rotatable bonds is 7. The molecule has 0 aromatic heterocycles. The Balaban J connectivity index is 2.10. The average molecular weight is 241 g/mol. The fourth-order valence-corrected chi connectivity index (χ4v) is 2.30. The summed E-state index contributed by atoms with van der Waals surface area (Å²) in [5.41, 5.74) is 0. The van der Waals surface area contributed by atoms with E-state index in [1.807, 2.05) is 0 Å². The first-order valence-electron chi connectivity index (χ1n) is 6.94. The van der Waals surface area contributed by atoms with Crippen molar-refractivity contribution in [1.29, 1.82) is 0 Å². The van der Waals surface area contributed by atoms with Crippen molar-refractivity contribution in [3.63, 3.8) is 0 Å². The summed E-state index contributed by atoms with van der Waals surface area (Å²) in [6, 6.07) is 0.266. The normalized spacial score (nSPS) is 18.9. The molecule has 1 atom stereocenters. The van der Waals surface area contributed by atoms with Gasteiger partial charge in [0.15, 0.2) is 0 Å². The minimum Gasteiger partial charge on any atom is -0.352 e. The maximum atomic E-state index is 11.6. The second-order valence-corrected chi connectivity index (χ2v) is 4.93. The second-order valence-electron chi connectivity index (χ2n) is 4.93. The zero-order valence-corrected chi connectivity index (χ0v) is 11.3. The third kappa shape index (κ3) is 6.64. The molecule has 1 saturated heterocycles. The van der Waals surface area contributed by atoms with E-state index in [0.29, 0.717) is 6.42 Å². The summed E-state index contributed by atoms with van der Waals surface area (Å²) in [4.78, 5) is 14.1. The van der Waals surface area contributed by atoms with E-state index in [0.717, 1.165) is 19.6 Å². The van der Waals surface area contributed by atoms with Crippen molar-refractivity contribution < 1.29 is 4.79 Å². The predicted octanol–water partition coefficient (Wildman–Crippen LogP) is 0.977. The minimum absolute atomic E-state index is 0.162. The van der Waals surface area contributed by atoms with Crippen LogP contribution in [0.2, 0.25) is 0 Å². The lowest BCUT2D eigenvalue weighted by atomic mass is 10.1. The van der Waals surface area contributed by atoms with Crippen LogP contribution in [-0.4, -0.2) is 49.6 Å². The van der Waals surface area contributed by atoms with Crippen LogP contribution in [0.3, 0.4) is 0 Å². The number of amides is 1. The van der Waals surface area contributed by atoms with Crippen LogP contribution in [-0.2, 0) is 4.79 Å². The number of hydrogen-bond acceptors (Lipinski definition) is 3. The van der Waals surface area contributed by atoms with E-state index in [1.54, 1.807) is 0 Å². The number of likely N-dealkylation sites (tertiary alicyclic amines) is 1. The second kappa shape index (κ2) is 8.48. The van der Waals surface area contributed by atoms with E-state index >= 15 is 0 Å². The summed E-state index contributed by atoms with van der Waals surface area (Å²) in [7, 11) is 0. The fourth-order valence-electron chi connectivity index (χ4n) is 2.30. The van der Waals surface area contributed by atoms with Crippen LogP contribution in [0, 0.1) is 0 Å². The Morgan fingerprint density at radius 1 is 1.29 bits per heavy atom. The number of nitrogens with one attached hydrogen (secondary N) is 2. The van der Waals surface area contributed by atoms with Gasteiger partial charge >= 0.3 is 0 Å². The number of carbonyl (C=O) groups excluding carboxylic acids is 1. The van der Waals surface area contributed by atoms with Gasteiger partial charge in [-0.15, -0.1) is 0 Å². The maximum Gasteiger partial charge on any atom is 0.221 e. The van der Waals surface area contributed by atoms with Gasteiger partial charge in [0.05, 0.1) is 0 Å². The van der Waals surface area contributed by atoms with E-state index in [4.69, 9.17) is 0 Å². The zero-order chi connectivity index (χ0) is 12.5. The van der Waals surface area contributed by atoms with Crippen LogP contribution in [0.25, 0.3) is 0 Å². The molecule has 4 nitrogen and oxygen atoms in total. The SMILES string of the molecule is CCNCCC(=O)NC(C)CN1CCCCC1. The van der Waals surface area contributed by atoms with Crippen LogP contribution in [0.4, 0.5) is 0 Å². The molecule has 2 N–H and O–H groups in total. The number of piperidine rings is 1. The summed E-state index contributed by atoms with van der Waals surface area (Å²) in [6.07, 6.45) is 4.56. The summed E-state index contributed by atoms with van der Waals surface area (Å²) in [5.74, 6) is 0.162. The molecule has 4 heteroatoms. The molecular weight excluding hydrogens is 214 g/mol. The van der Waals surface area contributed by atoms with Crippen molar-refractivity contribution in [1.82, 2.24) is 15.5 Å². The van der Waals surface area contributed by atoms with E-state index in [1.165, 1.54) is 32.4 Å². The smallest absolute Gasteiger partial charge is 0.221 e. The van der Waals surface area contributed by atoms with Crippen LogP contribution in [0.15, 0.2) is 0 Å². The first-order chi connectivity index (χ1) is 8.22. The largest absolute Gasteiger partial charge is 0.352 e. The molecule has 17 heavy (non-hydrogen) atoms. The first-order valence-corrected chi connectivity index (χ1v) is 6.94. The Bertz CT molecular complexity index is 215. The van der Waals surface area contributed by atoms with Gasteiger partial charge in [-0.3, -0.25) is 4.79 Å². The summed E-state index contributed by atoms with van der Waals surface area (Å²) in [6.45, 7) is 9.23. The third-order valence-electron chi connectivity index (χ3n) is 3.17. The molecule has 1 heterocycles. The Labute approximate surface area is 105 Å². The van der Waals surface area contributed by atoms with Crippen molar-refractivity contribution in [2.75, 3.05) is 32.7 Å². The third-order valence-corrected chi connectivity index (χ3v) is 3.17. The molecule has 0 aromatic carbocycles. The van der Waals surface area contributed by atoms with E-state index < -0.39 is 0 Å². The summed E-state index contributed by atoms with van der Waals surface area (Å²) >= 11 is 0. The molecule has 1 amide bonds. The number of nitrogens with zero attached hydrogens (tertiary/aromatic N) is 1. The van der Waals surface area contributed by atoms with Crippen molar-refractivity contribution in [2.45, 2.75) is 45.6 Å². The van der Waals surface area contributed by atoms with Gasteiger partial charge in [0.1, 0.15) is 0 Å². The van der Waals surface area contributed by atoms with Crippen molar-refractivity contribution in [2.24, 2.45) is 0 Å². The van der Waals surface area contributed by atoms with Gasteiger partial charge in [0.2, 0.25) is 5.91 Å². The first kappa shape index (κ1) is 14.5. The van der Waals surface area contributed by atoms with Crippen LogP contribution in [0.1, 0.15) is 39.5 Å². The van der Waals surface area contributed by atoms with Gasteiger partial charge < -0.3 is 15.5 Å². The van der Waals surface area contributed by atoms with Gasteiger partial charge in [-0.1, -0.05) is 13.3 Å². The predicted molar refractivity (Wildman–Crippen MR) is 71.1 cm³/mol. The van der Waals surface area contributed by atoms with Crippen LogP contribution < -0.4 is 10.6 Å². The van der Waals surface area contributed by atoms with Gasteiger partial charge in [-0.05, 0) is 39.4 Å². The topological polar surface area (TPSA) is 44.4 Å². The molecule has 0 aliphatic carbocycles. The van der Waals surface area contributed by atoms with Gasteiger partial charge in [0.25, 0.3) is 0 Å². The molecule has 1 aliphatic heterocycles. The zero-order valence-electron chi connectivity index (χ0n) is 11.3.